The first-order valence-electron chi connectivity index (χ1n) is 7.36. The zero-order valence-corrected chi connectivity index (χ0v) is 13.5. The van der Waals surface area contributed by atoms with Crippen LogP contribution in [-0.2, 0) is 20.9 Å². The van der Waals surface area contributed by atoms with Crippen LogP contribution in [0.25, 0.3) is 0 Å². The normalized spacial score (nSPS) is 14.3. The van der Waals surface area contributed by atoms with E-state index >= 15 is 0 Å². The summed E-state index contributed by atoms with van der Waals surface area (Å²) >= 11 is 0. The van der Waals surface area contributed by atoms with Crippen LogP contribution in [0.15, 0.2) is 23.3 Å². The van der Waals surface area contributed by atoms with Crippen molar-refractivity contribution in [3.05, 3.63) is 29.3 Å². The Balaban J connectivity index is 2.03. The summed E-state index contributed by atoms with van der Waals surface area (Å²) in [5, 5.41) is 6.58. The van der Waals surface area contributed by atoms with Gasteiger partial charge in [-0.1, -0.05) is 0 Å². The molecule has 0 heterocycles. The molecule has 0 radical (unpaired) electrons. The van der Waals surface area contributed by atoms with Gasteiger partial charge in [0.2, 0.25) is 0 Å². The zero-order valence-electron chi connectivity index (χ0n) is 13.5. The fourth-order valence-electron chi connectivity index (χ4n) is 2.00. The molecule has 0 saturated heterocycles. The highest BCUT2D eigenvalue weighted by Crippen LogP contribution is 2.21. The molecule has 0 spiro atoms. The Bertz CT molecular complexity index is 624. The molecule has 0 unspecified atom stereocenters. The maximum absolute atomic E-state index is 11.6. The predicted octanol–water partition coefficient (Wildman–Crippen LogP) is 0.960. The first-order valence-corrected chi connectivity index (χ1v) is 7.36. The van der Waals surface area contributed by atoms with E-state index in [0.29, 0.717) is 12.3 Å². The van der Waals surface area contributed by atoms with Gasteiger partial charge >= 0.3 is 11.8 Å². The van der Waals surface area contributed by atoms with E-state index in [1.54, 1.807) is 21.1 Å². The molecule has 124 valence electrons. The fraction of sp³-hybridized carbons (Fsp3) is 0.438. The average Bonchev–Trinajstić information content (AvgIpc) is 3.36. The van der Waals surface area contributed by atoms with Gasteiger partial charge in [0.05, 0.1) is 19.4 Å². The van der Waals surface area contributed by atoms with Crippen molar-refractivity contribution in [2.24, 2.45) is 5.10 Å². The van der Waals surface area contributed by atoms with Crippen LogP contribution in [0.1, 0.15) is 30.9 Å². The number of rotatable bonds is 6. The Hall–Kier alpha value is -2.41. The van der Waals surface area contributed by atoms with Crippen LogP contribution < -0.4 is 15.5 Å². The largest absolute Gasteiger partial charge is 0.496 e. The molecule has 1 aliphatic rings. The molecule has 0 bridgehead atoms. The summed E-state index contributed by atoms with van der Waals surface area (Å²) in [6.45, 7) is 2.15. The van der Waals surface area contributed by atoms with E-state index in [0.717, 1.165) is 29.7 Å². The molecule has 0 aromatic heterocycles. The molecule has 1 aliphatic carbocycles. The second kappa shape index (κ2) is 7.73. The summed E-state index contributed by atoms with van der Waals surface area (Å²) in [7, 11) is 3.19. The average molecular weight is 319 g/mol. The van der Waals surface area contributed by atoms with Crippen LogP contribution >= 0.6 is 0 Å². The van der Waals surface area contributed by atoms with Gasteiger partial charge in [-0.3, -0.25) is 9.59 Å². The SMILES string of the molecule is COCc1cc(/C(C)=N\NC(=O)C(=O)NC2CC2)ccc1OC. The minimum Gasteiger partial charge on any atom is -0.496 e. The van der Waals surface area contributed by atoms with E-state index in [1.807, 2.05) is 18.2 Å². The van der Waals surface area contributed by atoms with Crippen LogP contribution in [0.3, 0.4) is 0 Å². The number of nitrogens with zero attached hydrogens (tertiary/aromatic N) is 1. The van der Waals surface area contributed by atoms with Gasteiger partial charge in [-0.05, 0) is 43.5 Å². The number of nitrogens with one attached hydrogen (secondary N) is 2. The van der Waals surface area contributed by atoms with Gasteiger partial charge in [-0.2, -0.15) is 5.10 Å². The van der Waals surface area contributed by atoms with Crippen molar-refractivity contribution in [2.45, 2.75) is 32.4 Å². The van der Waals surface area contributed by atoms with Gasteiger partial charge < -0.3 is 14.8 Å². The Kier molecular flexibility index (Phi) is 5.70. The van der Waals surface area contributed by atoms with Gasteiger partial charge in [-0.15, -0.1) is 0 Å². The van der Waals surface area contributed by atoms with E-state index < -0.39 is 11.8 Å². The number of benzene rings is 1. The van der Waals surface area contributed by atoms with E-state index in [4.69, 9.17) is 9.47 Å². The minimum atomic E-state index is -0.762. The van der Waals surface area contributed by atoms with E-state index in [9.17, 15) is 9.59 Å². The van der Waals surface area contributed by atoms with Crippen molar-refractivity contribution in [1.82, 2.24) is 10.7 Å². The van der Waals surface area contributed by atoms with Crippen molar-refractivity contribution in [3.8, 4) is 5.75 Å². The number of carbonyl (C=O) groups is 2. The van der Waals surface area contributed by atoms with Gasteiger partial charge in [-0.25, -0.2) is 5.43 Å². The number of ether oxygens (including phenoxy) is 2. The summed E-state index contributed by atoms with van der Waals surface area (Å²) in [5.41, 5.74) is 4.53. The molecule has 7 nitrogen and oxygen atoms in total. The van der Waals surface area contributed by atoms with Crippen molar-refractivity contribution in [3.63, 3.8) is 0 Å². The van der Waals surface area contributed by atoms with E-state index in [2.05, 4.69) is 15.8 Å². The van der Waals surface area contributed by atoms with Crippen molar-refractivity contribution in [2.75, 3.05) is 14.2 Å². The molecule has 1 fully saturated rings. The second-order valence-electron chi connectivity index (χ2n) is 5.35. The van der Waals surface area contributed by atoms with Crippen LogP contribution in [0, 0.1) is 0 Å². The molecule has 2 rings (SSSR count). The highest BCUT2D eigenvalue weighted by Gasteiger charge is 2.26. The first-order chi connectivity index (χ1) is 11.0. The van der Waals surface area contributed by atoms with E-state index in [1.165, 1.54) is 0 Å². The Morgan fingerprint density at radius 1 is 1.26 bits per heavy atom. The molecule has 7 heteroatoms. The lowest BCUT2D eigenvalue weighted by atomic mass is 10.1. The Morgan fingerprint density at radius 2 is 2.00 bits per heavy atom. The van der Waals surface area contributed by atoms with Gasteiger partial charge in [0.25, 0.3) is 0 Å². The summed E-state index contributed by atoms with van der Waals surface area (Å²) in [6.07, 6.45) is 1.85. The maximum Gasteiger partial charge on any atom is 0.329 e. The minimum absolute atomic E-state index is 0.136. The third-order valence-electron chi connectivity index (χ3n) is 3.44. The monoisotopic (exact) mass is 319 g/mol. The molecule has 2 amide bonds. The van der Waals surface area contributed by atoms with Crippen LogP contribution in [0.4, 0.5) is 0 Å². The van der Waals surface area contributed by atoms with E-state index in [-0.39, 0.29) is 6.04 Å². The molecule has 2 N–H and O–H groups in total. The summed E-state index contributed by atoms with van der Waals surface area (Å²) in [4.78, 5) is 23.2. The highest BCUT2D eigenvalue weighted by molar-refractivity contribution is 6.35. The molecule has 1 aromatic carbocycles. The van der Waals surface area contributed by atoms with Gasteiger partial charge in [0.1, 0.15) is 5.75 Å². The number of hydrogen-bond acceptors (Lipinski definition) is 5. The summed E-state index contributed by atoms with van der Waals surface area (Å²) < 4.78 is 10.4. The third kappa shape index (κ3) is 4.79. The van der Waals surface area contributed by atoms with Crippen molar-refractivity contribution in [1.29, 1.82) is 0 Å². The second-order valence-corrected chi connectivity index (χ2v) is 5.35. The summed E-state index contributed by atoms with van der Waals surface area (Å²) in [6, 6.07) is 5.64. The van der Waals surface area contributed by atoms with Crippen molar-refractivity contribution >= 4 is 17.5 Å². The lowest BCUT2D eigenvalue weighted by Crippen LogP contribution is -2.39. The number of carbonyl (C=O) groups excluding carboxylic acids is 2. The standard InChI is InChI=1S/C16H21N3O4/c1-10(18-19-16(21)15(20)17-13-5-6-13)11-4-7-14(23-3)12(8-11)9-22-2/h4,7-8,13H,5-6,9H2,1-3H3,(H,17,20)(H,19,21)/b18-10-. The highest BCUT2D eigenvalue weighted by atomic mass is 16.5. The first kappa shape index (κ1) is 17.0. The Labute approximate surface area is 135 Å². The lowest BCUT2D eigenvalue weighted by molar-refractivity contribution is -0.139. The molecular formula is C16H21N3O4. The van der Waals surface area contributed by atoms with Crippen LogP contribution in [0.5, 0.6) is 5.75 Å². The molecule has 1 aromatic rings. The van der Waals surface area contributed by atoms with Gasteiger partial charge in [0, 0.05) is 18.7 Å². The number of methoxy groups -OCH3 is 2. The smallest absolute Gasteiger partial charge is 0.329 e. The third-order valence-corrected chi connectivity index (χ3v) is 3.44. The number of hydrogen-bond donors (Lipinski definition) is 2. The molecule has 0 atom stereocenters. The van der Waals surface area contributed by atoms with Crippen molar-refractivity contribution < 1.29 is 19.1 Å². The summed E-state index contributed by atoms with van der Waals surface area (Å²) in [5.74, 6) is -0.697. The number of hydrazone groups is 1. The molecule has 23 heavy (non-hydrogen) atoms. The zero-order chi connectivity index (χ0) is 16.8. The molecule has 1 saturated carbocycles. The maximum atomic E-state index is 11.6. The lowest BCUT2D eigenvalue weighted by Gasteiger charge is -2.10. The molecular weight excluding hydrogens is 298 g/mol. The molecule has 0 aliphatic heterocycles. The van der Waals surface area contributed by atoms with Crippen LogP contribution in [0.2, 0.25) is 0 Å². The predicted molar refractivity (Wildman–Crippen MR) is 85.2 cm³/mol. The quantitative estimate of drug-likeness (QED) is 0.464. The fourth-order valence-corrected chi connectivity index (χ4v) is 2.00. The topological polar surface area (TPSA) is 89.0 Å². The Morgan fingerprint density at radius 3 is 2.61 bits per heavy atom. The van der Waals surface area contributed by atoms with Gasteiger partial charge in [0.15, 0.2) is 0 Å². The van der Waals surface area contributed by atoms with Crippen LogP contribution in [-0.4, -0.2) is 37.8 Å². The number of amides is 2.